The van der Waals surface area contributed by atoms with Crippen molar-refractivity contribution in [1.29, 1.82) is 0 Å². The number of aryl methyl sites for hydroxylation is 2. The lowest BCUT2D eigenvalue weighted by atomic mass is 10.1. The molecule has 0 saturated heterocycles. The van der Waals surface area contributed by atoms with Gasteiger partial charge in [0.1, 0.15) is 0 Å². The van der Waals surface area contributed by atoms with Gasteiger partial charge in [-0.25, -0.2) is 0 Å². The van der Waals surface area contributed by atoms with Crippen molar-refractivity contribution < 1.29 is 0 Å². The lowest BCUT2D eigenvalue weighted by molar-refractivity contribution is 0.719. The first-order valence-corrected chi connectivity index (χ1v) is 5.58. The molecule has 1 unspecified atom stereocenters. The average Bonchev–Trinajstić information content (AvgIpc) is 2.20. The molecular weight excluding hydrogens is 182 g/mol. The van der Waals surface area contributed by atoms with Crippen molar-refractivity contribution in [3.63, 3.8) is 0 Å². The van der Waals surface area contributed by atoms with Crippen LogP contribution in [0.25, 0.3) is 0 Å². The molecule has 1 N–H and O–H groups in total. The molecule has 0 bridgehead atoms. The van der Waals surface area contributed by atoms with E-state index in [0.717, 1.165) is 12.8 Å². The number of hydrogen-bond acceptors (Lipinski definition) is 1. The zero-order chi connectivity index (χ0) is 11.3. The Bertz CT molecular complexity index is 328. The number of allylic oxidation sites excluding steroid dienone is 1. The number of rotatable bonds is 5. The SMILES string of the molecule is C=CCCC(C)Nc1ccc(C)c(C)c1. The van der Waals surface area contributed by atoms with Crippen molar-refractivity contribution in [1.82, 2.24) is 0 Å². The summed E-state index contributed by atoms with van der Waals surface area (Å²) >= 11 is 0. The maximum Gasteiger partial charge on any atom is 0.0345 e. The van der Waals surface area contributed by atoms with E-state index in [1.165, 1.54) is 16.8 Å². The van der Waals surface area contributed by atoms with Gasteiger partial charge in [0.15, 0.2) is 0 Å². The Labute approximate surface area is 93.2 Å². The third-order valence-corrected chi connectivity index (χ3v) is 2.72. The summed E-state index contributed by atoms with van der Waals surface area (Å²) in [5.41, 5.74) is 3.91. The van der Waals surface area contributed by atoms with Gasteiger partial charge in [-0.1, -0.05) is 12.1 Å². The Morgan fingerprint density at radius 1 is 1.33 bits per heavy atom. The summed E-state index contributed by atoms with van der Waals surface area (Å²) in [5.74, 6) is 0. The first-order chi connectivity index (χ1) is 7.13. The number of benzene rings is 1. The van der Waals surface area contributed by atoms with Crippen LogP contribution in [-0.2, 0) is 0 Å². The summed E-state index contributed by atoms with van der Waals surface area (Å²) in [4.78, 5) is 0. The van der Waals surface area contributed by atoms with E-state index in [9.17, 15) is 0 Å². The molecule has 1 heteroatoms. The van der Waals surface area contributed by atoms with Gasteiger partial charge in [0.05, 0.1) is 0 Å². The maximum atomic E-state index is 3.74. The predicted octanol–water partition coefficient (Wildman–Crippen LogP) is 4.07. The largest absolute Gasteiger partial charge is 0.383 e. The number of nitrogens with one attached hydrogen (secondary N) is 1. The first-order valence-electron chi connectivity index (χ1n) is 5.58. The average molecular weight is 203 g/mol. The number of anilines is 1. The molecule has 0 heterocycles. The normalized spacial score (nSPS) is 12.2. The minimum absolute atomic E-state index is 0.505. The molecule has 1 rings (SSSR count). The van der Waals surface area contributed by atoms with Crippen LogP contribution in [0, 0.1) is 13.8 Å². The predicted molar refractivity (Wildman–Crippen MR) is 68.4 cm³/mol. The molecule has 0 aromatic heterocycles. The van der Waals surface area contributed by atoms with Gasteiger partial charge < -0.3 is 5.32 Å². The van der Waals surface area contributed by atoms with E-state index in [4.69, 9.17) is 0 Å². The number of hydrogen-bond donors (Lipinski definition) is 1. The Balaban J connectivity index is 2.56. The second-order valence-corrected chi connectivity index (χ2v) is 4.21. The maximum absolute atomic E-state index is 3.74. The van der Waals surface area contributed by atoms with Crippen molar-refractivity contribution >= 4 is 5.69 Å². The molecule has 0 amide bonds. The molecule has 0 aliphatic heterocycles. The lowest BCUT2D eigenvalue weighted by Crippen LogP contribution is -2.14. The summed E-state index contributed by atoms with van der Waals surface area (Å²) in [6.45, 7) is 10.2. The van der Waals surface area contributed by atoms with E-state index in [0.29, 0.717) is 6.04 Å². The van der Waals surface area contributed by atoms with Crippen LogP contribution in [0.5, 0.6) is 0 Å². The van der Waals surface area contributed by atoms with Gasteiger partial charge in [0.2, 0.25) is 0 Å². The smallest absolute Gasteiger partial charge is 0.0345 e. The van der Waals surface area contributed by atoms with Crippen LogP contribution in [0.3, 0.4) is 0 Å². The second-order valence-electron chi connectivity index (χ2n) is 4.21. The van der Waals surface area contributed by atoms with Crippen LogP contribution in [-0.4, -0.2) is 6.04 Å². The van der Waals surface area contributed by atoms with E-state index < -0.39 is 0 Å². The summed E-state index contributed by atoms with van der Waals surface area (Å²) in [6, 6.07) is 7.02. The highest BCUT2D eigenvalue weighted by atomic mass is 14.9. The summed E-state index contributed by atoms with van der Waals surface area (Å²) < 4.78 is 0. The van der Waals surface area contributed by atoms with Crippen molar-refractivity contribution in [2.45, 2.75) is 39.7 Å². The van der Waals surface area contributed by atoms with E-state index in [1.54, 1.807) is 0 Å². The van der Waals surface area contributed by atoms with E-state index in [2.05, 4.69) is 50.9 Å². The zero-order valence-corrected chi connectivity index (χ0v) is 10.0. The van der Waals surface area contributed by atoms with Crippen LogP contribution < -0.4 is 5.32 Å². The van der Waals surface area contributed by atoms with Crippen LogP contribution in [0.2, 0.25) is 0 Å². The minimum atomic E-state index is 0.505. The van der Waals surface area contributed by atoms with Gasteiger partial charge in [-0.05, 0) is 56.9 Å². The van der Waals surface area contributed by atoms with Gasteiger partial charge in [0.25, 0.3) is 0 Å². The monoisotopic (exact) mass is 203 g/mol. The van der Waals surface area contributed by atoms with Crippen molar-refractivity contribution in [2.75, 3.05) is 5.32 Å². The van der Waals surface area contributed by atoms with Gasteiger partial charge >= 0.3 is 0 Å². The molecule has 15 heavy (non-hydrogen) atoms. The third kappa shape index (κ3) is 3.78. The molecule has 1 aromatic rings. The molecule has 0 fully saturated rings. The zero-order valence-electron chi connectivity index (χ0n) is 10.0. The fraction of sp³-hybridized carbons (Fsp3) is 0.429. The van der Waals surface area contributed by atoms with Crippen molar-refractivity contribution in [2.24, 2.45) is 0 Å². The summed E-state index contributed by atoms with van der Waals surface area (Å²) in [6.07, 6.45) is 4.17. The molecule has 0 aliphatic rings. The van der Waals surface area contributed by atoms with Gasteiger partial charge in [-0.2, -0.15) is 0 Å². The Morgan fingerprint density at radius 3 is 2.67 bits per heavy atom. The third-order valence-electron chi connectivity index (χ3n) is 2.72. The van der Waals surface area contributed by atoms with Gasteiger partial charge in [-0.3, -0.25) is 0 Å². The van der Waals surface area contributed by atoms with E-state index >= 15 is 0 Å². The fourth-order valence-corrected chi connectivity index (χ4v) is 1.56. The van der Waals surface area contributed by atoms with E-state index in [1.807, 2.05) is 6.08 Å². The molecule has 0 spiro atoms. The Hall–Kier alpha value is -1.24. The molecule has 1 nitrogen and oxygen atoms in total. The van der Waals surface area contributed by atoms with Crippen LogP contribution in [0.15, 0.2) is 30.9 Å². The van der Waals surface area contributed by atoms with E-state index in [-0.39, 0.29) is 0 Å². The van der Waals surface area contributed by atoms with Crippen LogP contribution in [0.1, 0.15) is 30.9 Å². The van der Waals surface area contributed by atoms with Crippen LogP contribution in [0.4, 0.5) is 5.69 Å². The van der Waals surface area contributed by atoms with Crippen molar-refractivity contribution in [3.05, 3.63) is 42.0 Å². The van der Waals surface area contributed by atoms with Gasteiger partial charge in [0, 0.05) is 11.7 Å². The summed E-state index contributed by atoms with van der Waals surface area (Å²) in [5, 5.41) is 3.50. The Kier molecular flexibility index (Phi) is 4.41. The molecule has 0 aliphatic carbocycles. The highest BCUT2D eigenvalue weighted by molar-refractivity contribution is 5.48. The summed E-state index contributed by atoms with van der Waals surface area (Å²) in [7, 11) is 0. The van der Waals surface area contributed by atoms with Gasteiger partial charge in [-0.15, -0.1) is 6.58 Å². The highest BCUT2D eigenvalue weighted by Gasteiger charge is 2.01. The molecule has 0 saturated carbocycles. The topological polar surface area (TPSA) is 12.0 Å². The molecular formula is C14H21N. The van der Waals surface area contributed by atoms with Crippen LogP contribution >= 0.6 is 0 Å². The second kappa shape index (κ2) is 5.59. The fourth-order valence-electron chi connectivity index (χ4n) is 1.56. The lowest BCUT2D eigenvalue weighted by Gasteiger charge is -2.15. The Morgan fingerprint density at radius 2 is 2.07 bits per heavy atom. The quantitative estimate of drug-likeness (QED) is 0.711. The molecule has 1 aromatic carbocycles. The molecule has 82 valence electrons. The minimum Gasteiger partial charge on any atom is -0.383 e. The highest BCUT2D eigenvalue weighted by Crippen LogP contribution is 2.16. The standard InChI is InChI=1S/C14H21N/c1-5-6-7-13(4)15-14-9-8-11(2)12(3)10-14/h5,8-10,13,15H,1,6-7H2,2-4H3. The van der Waals surface area contributed by atoms with Crippen molar-refractivity contribution in [3.8, 4) is 0 Å². The first kappa shape index (κ1) is 11.8. The molecule has 1 atom stereocenters. The molecule has 0 radical (unpaired) electrons.